The first-order chi connectivity index (χ1) is 10.1. The van der Waals surface area contributed by atoms with Crippen LogP contribution in [0.1, 0.15) is 27.9 Å². The van der Waals surface area contributed by atoms with Crippen LogP contribution in [0, 0.1) is 6.92 Å². The van der Waals surface area contributed by atoms with Crippen LogP contribution in [0.4, 0.5) is 0 Å². The summed E-state index contributed by atoms with van der Waals surface area (Å²) in [6.45, 7) is 1.99. The van der Waals surface area contributed by atoms with Crippen LogP contribution in [0.3, 0.4) is 0 Å². The quantitative estimate of drug-likeness (QED) is 0.756. The molecular weight excluding hydrogens is 264 g/mol. The summed E-state index contributed by atoms with van der Waals surface area (Å²) in [4.78, 5) is 12.2. The van der Waals surface area contributed by atoms with Gasteiger partial charge in [0.15, 0.2) is 17.3 Å². The summed E-state index contributed by atoms with van der Waals surface area (Å²) in [6, 6.07) is 13.4. The highest BCUT2D eigenvalue weighted by atomic mass is 16.5. The third-order valence-corrected chi connectivity index (χ3v) is 3.43. The molecule has 0 fully saturated rings. The number of carbonyl (C=O) groups excluding carboxylic acids is 1. The molecule has 0 atom stereocenters. The number of aryl methyl sites for hydroxylation is 2. The van der Waals surface area contributed by atoms with E-state index in [1.807, 2.05) is 49.4 Å². The van der Waals surface area contributed by atoms with Crippen molar-refractivity contribution in [2.45, 2.75) is 19.8 Å². The second-order valence-electron chi connectivity index (χ2n) is 4.98. The molecule has 0 amide bonds. The molecule has 0 aromatic heterocycles. The van der Waals surface area contributed by atoms with Gasteiger partial charge in [0.05, 0.1) is 14.2 Å². The molecule has 0 aliphatic rings. The molecule has 0 bridgehead atoms. The van der Waals surface area contributed by atoms with E-state index in [1.165, 1.54) is 0 Å². The molecule has 0 spiro atoms. The van der Waals surface area contributed by atoms with Crippen molar-refractivity contribution in [3.8, 4) is 11.5 Å². The van der Waals surface area contributed by atoms with Crippen molar-refractivity contribution in [3.05, 3.63) is 59.2 Å². The number of ether oxygens (including phenoxy) is 2. The topological polar surface area (TPSA) is 35.5 Å². The number of methoxy groups -OCH3 is 2. The van der Waals surface area contributed by atoms with E-state index >= 15 is 0 Å². The Labute approximate surface area is 125 Å². The standard InChI is InChI=1S/C18H20O3/c1-13-5-4-6-15(11-13)16(19)9-7-14-8-10-17(20-2)18(12-14)21-3/h4-6,8,10-12H,7,9H2,1-3H3. The van der Waals surface area contributed by atoms with Crippen LogP contribution in [0.5, 0.6) is 11.5 Å². The monoisotopic (exact) mass is 284 g/mol. The summed E-state index contributed by atoms with van der Waals surface area (Å²) in [5.74, 6) is 1.55. The van der Waals surface area contributed by atoms with Gasteiger partial charge in [-0.25, -0.2) is 0 Å². The molecular formula is C18H20O3. The molecule has 0 N–H and O–H groups in total. The van der Waals surface area contributed by atoms with Crippen LogP contribution in [0.25, 0.3) is 0 Å². The van der Waals surface area contributed by atoms with Crippen LogP contribution in [0.15, 0.2) is 42.5 Å². The van der Waals surface area contributed by atoms with Gasteiger partial charge in [0.25, 0.3) is 0 Å². The minimum atomic E-state index is 0.161. The van der Waals surface area contributed by atoms with E-state index in [9.17, 15) is 4.79 Å². The highest BCUT2D eigenvalue weighted by Gasteiger charge is 2.08. The van der Waals surface area contributed by atoms with Crippen molar-refractivity contribution in [1.82, 2.24) is 0 Å². The Morgan fingerprint density at radius 1 is 1.00 bits per heavy atom. The summed E-state index contributed by atoms with van der Waals surface area (Å²) in [6.07, 6.45) is 1.17. The molecule has 110 valence electrons. The number of ketones is 1. The maximum atomic E-state index is 12.2. The molecule has 2 aromatic rings. The van der Waals surface area contributed by atoms with Crippen LogP contribution in [-0.4, -0.2) is 20.0 Å². The Hall–Kier alpha value is -2.29. The predicted octanol–water partition coefficient (Wildman–Crippen LogP) is 3.83. The first kappa shape index (κ1) is 15.1. The summed E-state index contributed by atoms with van der Waals surface area (Å²) in [5, 5.41) is 0. The van der Waals surface area contributed by atoms with Gasteiger partial charge in [-0.05, 0) is 37.1 Å². The summed E-state index contributed by atoms with van der Waals surface area (Å²) in [5.41, 5.74) is 2.94. The fraction of sp³-hybridized carbons (Fsp3) is 0.278. The summed E-state index contributed by atoms with van der Waals surface area (Å²) in [7, 11) is 3.22. The third kappa shape index (κ3) is 3.85. The highest BCUT2D eigenvalue weighted by Crippen LogP contribution is 2.28. The number of hydrogen-bond donors (Lipinski definition) is 0. The largest absolute Gasteiger partial charge is 0.493 e. The second kappa shape index (κ2) is 6.93. The lowest BCUT2D eigenvalue weighted by Crippen LogP contribution is -2.02. The number of rotatable bonds is 6. The Kier molecular flexibility index (Phi) is 4.99. The molecule has 0 radical (unpaired) electrons. The fourth-order valence-corrected chi connectivity index (χ4v) is 2.26. The van der Waals surface area contributed by atoms with Crippen LogP contribution >= 0.6 is 0 Å². The van der Waals surface area contributed by atoms with E-state index in [0.717, 1.165) is 16.7 Å². The minimum Gasteiger partial charge on any atom is -0.493 e. The first-order valence-corrected chi connectivity index (χ1v) is 6.95. The first-order valence-electron chi connectivity index (χ1n) is 6.95. The van der Waals surface area contributed by atoms with Gasteiger partial charge < -0.3 is 9.47 Å². The van der Waals surface area contributed by atoms with Gasteiger partial charge in [0, 0.05) is 12.0 Å². The Morgan fingerprint density at radius 2 is 1.76 bits per heavy atom. The van der Waals surface area contributed by atoms with Crippen molar-refractivity contribution < 1.29 is 14.3 Å². The molecule has 21 heavy (non-hydrogen) atoms. The predicted molar refractivity (Wildman–Crippen MR) is 83.4 cm³/mol. The average molecular weight is 284 g/mol. The van der Waals surface area contributed by atoms with E-state index < -0.39 is 0 Å². The van der Waals surface area contributed by atoms with Crippen LogP contribution in [0.2, 0.25) is 0 Å². The van der Waals surface area contributed by atoms with Gasteiger partial charge in [0.2, 0.25) is 0 Å². The SMILES string of the molecule is COc1ccc(CCC(=O)c2cccc(C)c2)cc1OC. The zero-order valence-electron chi connectivity index (χ0n) is 12.7. The van der Waals surface area contributed by atoms with E-state index in [0.29, 0.717) is 24.3 Å². The number of carbonyl (C=O) groups is 1. The van der Waals surface area contributed by atoms with Crippen LogP contribution in [-0.2, 0) is 6.42 Å². The molecule has 0 aliphatic heterocycles. The summed E-state index contributed by atoms with van der Waals surface area (Å²) < 4.78 is 10.5. The van der Waals surface area contributed by atoms with Gasteiger partial charge in [0.1, 0.15) is 0 Å². The normalized spacial score (nSPS) is 10.2. The number of hydrogen-bond acceptors (Lipinski definition) is 3. The highest BCUT2D eigenvalue weighted by molar-refractivity contribution is 5.96. The van der Waals surface area contributed by atoms with Crippen molar-refractivity contribution in [3.63, 3.8) is 0 Å². The van der Waals surface area contributed by atoms with Crippen molar-refractivity contribution in [1.29, 1.82) is 0 Å². The van der Waals surface area contributed by atoms with Gasteiger partial charge in [-0.2, -0.15) is 0 Å². The smallest absolute Gasteiger partial charge is 0.163 e. The van der Waals surface area contributed by atoms with Crippen molar-refractivity contribution in [2.75, 3.05) is 14.2 Å². The Morgan fingerprint density at radius 3 is 2.43 bits per heavy atom. The number of Topliss-reactive ketones (excluding diaryl/α,β-unsaturated/α-hetero) is 1. The zero-order valence-corrected chi connectivity index (χ0v) is 12.7. The van der Waals surface area contributed by atoms with Gasteiger partial charge >= 0.3 is 0 Å². The molecule has 2 aromatic carbocycles. The lowest BCUT2D eigenvalue weighted by atomic mass is 10.0. The van der Waals surface area contributed by atoms with Crippen molar-refractivity contribution >= 4 is 5.78 Å². The maximum Gasteiger partial charge on any atom is 0.163 e. The van der Waals surface area contributed by atoms with Crippen molar-refractivity contribution in [2.24, 2.45) is 0 Å². The summed E-state index contributed by atoms with van der Waals surface area (Å²) >= 11 is 0. The van der Waals surface area contributed by atoms with Gasteiger partial charge in [-0.3, -0.25) is 4.79 Å². The lowest BCUT2D eigenvalue weighted by molar-refractivity contribution is 0.0982. The molecule has 0 unspecified atom stereocenters. The number of benzene rings is 2. The van der Waals surface area contributed by atoms with Crippen LogP contribution < -0.4 is 9.47 Å². The van der Waals surface area contributed by atoms with Gasteiger partial charge in [-0.15, -0.1) is 0 Å². The average Bonchev–Trinajstić information content (AvgIpc) is 2.52. The lowest BCUT2D eigenvalue weighted by Gasteiger charge is -2.09. The van der Waals surface area contributed by atoms with E-state index in [1.54, 1.807) is 14.2 Å². The third-order valence-electron chi connectivity index (χ3n) is 3.43. The maximum absolute atomic E-state index is 12.2. The minimum absolute atomic E-state index is 0.161. The molecule has 0 aliphatic carbocycles. The van der Waals surface area contributed by atoms with E-state index in [2.05, 4.69) is 0 Å². The Bertz CT molecular complexity index is 632. The molecule has 0 saturated carbocycles. The van der Waals surface area contributed by atoms with E-state index in [-0.39, 0.29) is 5.78 Å². The molecule has 0 saturated heterocycles. The molecule has 0 heterocycles. The molecule has 3 heteroatoms. The zero-order chi connectivity index (χ0) is 15.2. The molecule has 2 rings (SSSR count). The van der Waals surface area contributed by atoms with Gasteiger partial charge in [-0.1, -0.05) is 29.8 Å². The second-order valence-corrected chi connectivity index (χ2v) is 4.98. The van der Waals surface area contributed by atoms with E-state index in [4.69, 9.17) is 9.47 Å². The Balaban J connectivity index is 2.04. The fourth-order valence-electron chi connectivity index (χ4n) is 2.26. The molecule has 3 nitrogen and oxygen atoms in total.